The molecule has 7 heteroatoms. The lowest BCUT2D eigenvalue weighted by Gasteiger charge is -2.19. The highest BCUT2D eigenvalue weighted by atomic mass is 32.3. The molecule has 0 aliphatic carbocycles. The molecular weight excluding hydrogens is 309 g/mol. The first-order valence-corrected chi connectivity index (χ1v) is 7.97. The summed E-state index contributed by atoms with van der Waals surface area (Å²) in [6, 6.07) is 5.14. The molecule has 5 nitrogen and oxygen atoms in total. The fourth-order valence-electron chi connectivity index (χ4n) is 1.41. The second-order valence-electron chi connectivity index (χ2n) is 5.44. The maximum Gasteiger partial charge on any atom is 0.407 e. The summed E-state index contributed by atoms with van der Waals surface area (Å²) in [7, 11) is -4.68. The van der Waals surface area contributed by atoms with E-state index in [-0.39, 0.29) is 0 Å². The van der Waals surface area contributed by atoms with Crippen molar-refractivity contribution in [2.45, 2.75) is 37.7 Å². The Morgan fingerprint density at radius 3 is 2.36 bits per heavy atom. The number of hydrogen-bond acceptors (Lipinski definition) is 4. The number of benzene rings is 1. The predicted molar refractivity (Wildman–Crippen MR) is 80.5 cm³/mol. The van der Waals surface area contributed by atoms with Gasteiger partial charge in [0.05, 0.1) is 4.90 Å². The van der Waals surface area contributed by atoms with Crippen LogP contribution in [0.4, 0.5) is 8.68 Å². The first kappa shape index (κ1) is 18.0. The first-order valence-electron chi connectivity index (χ1n) is 6.58. The van der Waals surface area contributed by atoms with E-state index in [1.807, 2.05) is 0 Å². The standard InChI is InChI=1S/C15H18FNO4S/c1-15(2,3)21-14(18)17-11-5-4-6-12-7-9-13(10-8-12)22(16,19)20/h7-10H,5,11H2,1-3H3,(H,17,18). The SMILES string of the molecule is CC(C)(C)OC(=O)NCCC#Cc1ccc(S(=O)(=O)F)cc1. The Balaban J connectivity index is 2.44. The van der Waals surface area contributed by atoms with Crippen molar-refractivity contribution in [1.82, 2.24) is 5.32 Å². The normalized spacial score (nSPS) is 11.3. The molecule has 0 aliphatic heterocycles. The lowest BCUT2D eigenvalue weighted by molar-refractivity contribution is 0.0529. The molecule has 0 atom stereocenters. The van der Waals surface area contributed by atoms with E-state index < -0.39 is 26.8 Å². The van der Waals surface area contributed by atoms with Crippen molar-refractivity contribution in [2.24, 2.45) is 0 Å². The molecule has 0 aliphatic rings. The molecule has 1 aromatic carbocycles. The third-order valence-corrected chi connectivity index (χ3v) is 3.12. The Kier molecular flexibility index (Phi) is 5.94. The van der Waals surface area contributed by atoms with Crippen LogP contribution in [0, 0.1) is 11.8 Å². The van der Waals surface area contributed by atoms with Crippen LogP contribution >= 0.6 is 0 Å². The third kappa shape index (κ3) is 7.09. The highest BCUT2D eigenvalue weighted by Crippen LogP contribution is 2.12. The van der Waals surface area contributed by atoms with E-state index in [1.54, 1.807) is 20.8 Å². The number of alkyl carbamates (subject to hydrolysis) is 1. The van der Waals surface area contributed by atoms with Crippen molar-refractivity contribution in [3.05, 3.63) is 29.8 Å². The molecule has 0 radical (unpaired) electrons. The highest BCUT2D eigenvalue weighted by molar-refractivity contribution is 7.86. The Bertz CT molecular complexity index is 679. The maximum absolute atomic E-state index is 12.7. The zero-order chi connectivity index (χ0) is 16.8. The lowest BCUT2D eigenvalue weighted by atomic mass is 10.2. The number of carbonyl (C=O) groups is 1. The Hall–Kier alpha value is -2.07. The molecule has 1 amide bonds. The van der Waals surface area contributed by atoms with Crippen LogP contribution in [0.15, 0.2) is 29.2 Å². The van der Waals surface area contributed by atoms with Crippen molar-refractivity contribution in [3.63, 3.8) is 0 Å². The van der Waals surface area contributed by atoms with Gasteiger partial charge in [-0.1, -0.05) is 11.8 Å². The number of carbonyl (C=O) groups excluding carboxylic acids is 1. The zero-order valence-corrected chi connectivity index (χ0v) is 13.5. The van der Waals surface area contributed by atoms with E-state index in [1.165, 1.54) is 12.1 Å². The minimum absolute atomic E-state index is 0.332. The van der Waals surface area contributed by atoms with E-state index in [4.69, 9.17) is 4.74 Å². The molecule has 0 aromatic heterocycles. The second-order valence-corrected chi connectivity index (χ2v) is 6.79. The minimum Gasteiger partial charge on any atom is -0.444 e. The van der Waals surface area contributed by atoms with Crippen molar-refractivity contribution >= 4 is 16.3 Å². The maximum atomic E-state index is 12.7. The van der Waals surface area contributed by atoms with E-state index >= 15 is 0 Å². The van der Waals surface area contributed by atoms with Gasteiger partial charge in [0.15, 0.2) is 0 Å². The van der Waals surface area contributed by atoms with Gasteiger partial charge < -0.3 is 10.1 Å². The largest absolute Gasteiger partial charge is 0.444 e. The van der Waals surface area contributed by atoms with Crippen LogP contribution in [0.5, 0.6) is 0 Å². The summed E-state index contributed by atoms with van der Waals surface area (Å²) in [5, 5.41) is 2.56. The average molecular weight is 327 g/mol. The molecule has 1 rings (SSSR count). The summed E-state index contributed by atoms with van der Waals surface area (Å²) < 4.78 is 39.0. The Morgan fingerprint density at radius 2 is 1.86 bits per heavy atom. The van der Waals surface area contributed by atoms with E-state index in [2.05, 4.69) is 17.2 Å². The molecule has 0 saturated carbocycles. The fourth-order valence-corrected chi connectivity index (χ4v) is 1.87. The van der Waals surface area contributed by atoms with Gasteiger partial charge in [-0.3, -0.25) is 0 Å². The van der Waals surface area contributed by atoms with Gasteiger partial charge in [-0.05, 0) is 45.0 Å². The van der Waals surface area contributed by atoms with E-state index in [0.29, 0.717) is 18.5 Å². The van der Waals surface area contributed by atoms with Crippen molar-refractivity contribution in [2.75, 3.05) is 6.54 Å². The number of ether oxygens (including phenoxy) is 1. The zero-order valence-electron chi connectivity index (χ0n) is 12.6. The number of halogens is 1. The van der Waals surface area contributed by atoms with Gasteiger partial charge in [0, 0.05) is 18.5 Å². The molecule has 120 valence electrons. The van der Waals surface area contributed by atoms with Crippen molar-refractivity contribution in [3.8, 4) is 11.8 Å². The van der Waals surface area contributed by atoms with Crippen LogP contribution in [-0.4, -0.2) is 26.7 Å². The number of amides is 1. The van der Waals surface area contributed by atoms with Gasteiger partial charge in [-0.2, -0.15) is 8.42 Å². The smallest absolute Gasteiger partial charge is 0.407 e. The summed E-state index contributed by atoms with van der Waals surface area (Å²) in [6.45, 7) is 5.65. The average Bonchev–Trinajstić information content (AvgIpc) is 2.35. The van der Waals surface area contributed by atoms with Crippen LogP contribution in [0.2, 0.25) is 0 Å². The minimum atomic E-state index is -4.68. The molecule has 1 N–H and O–H groups in total. The third-order valence-electron chi connectivity index (χ3n) is 2.29. The first-order chi connectivity index (χ1) is 10.1. The second kappa shape index (κ2) is 7.27. The van der Waals surface area contributed by atoms with Crippen LogP contribution in [-0.2, 0) is 15.0 Å². The van der Waals surface area contributed by atoms with Crippen molar-refractivity contribution < 1.29 is 21.8 Å². The summed E-state index contributed by atoms with van der Waals surface area (Å²) >= 11 is 0. The van der Waals surface area contributed by atoms with Gasteiger partial charge in [-0.25, -0.2) is 4.79 Å². The topological polar surface area (TPSA) is 72.5 Å². The van der Waals surface area contributed by atoms with E-state index in [0.717, 1.165) is 12.1 Å². The molecule has 0 spiro atoms. The van der Waals surface area contributed by atoms with E-state index in [9.17, 15) is 17.1 Å². The predicted octanol–water partition coefficient (Wildman–Crippen LogP) is 2.61. The van der Waals surface area contributed by atoms with Crippen LogP contribution in [0.1, 0.15) is 32.8 Å². The molecule has 1 aromatic rings. The summed E-state index contributed by atoms with van der Waals surface area (Å²) in [5.41, 5.74) is 0.0125. The summed E-state index contributed by atoms with van der Waals surface area (Å²) in [5.74, 6) is 5.60. The van der Waals surface area contributed by atoms with Crippen molar-refractivity contribution in [1.29, 1.82) is 0 Å². The Morgan fingerprint density at radius 1 is 1.27 bits per heavy atom. The quantitative estimate of drug-likeness (QED) is 0.526. The molecule has 0 heterocycles. The fraction of sp³-hybridized carbons (Fsp3) is 0.400. The van der Waals surface area contributed by atoms with Gasteiger partial charge >= 0.3 is 16.3 Å². The molecule has 22 heavy (non-hydrogen) atoms. The molecule has 0 saturated heterocycles. The Labute approximate surface area is 130 Å². The van der Waals surface area contributed by atoms with Crippen LogP contribution in [0.25, 0.3) is 0 Å². The number of hydrogen-bond donors (Lipinski definition) is 1. The van der Waals surface area contributed by atoms with Gasteiger partial charge in [0.2, 0.25) is 0 Å². The molecular formula is C15H18FNO4S. The summed E-state index contributed by atoms with van der Waals surface area (Å²) in [6.07, 6.45) is -0.102. The van der Waals surface area contributed by atoms with Gasteiger partial charge in [-0.15, -0.1) is 3.89 Å². The molecule has 0 bridgehead atoms. The lowest BCUT2D eigenvalue weighted by Crippen LogP contribution is -2.32. The summed E-state index contributed by atoms with van der Waals surface area (Å²) in [4.78, 5) is 11.0. The van der Waals surface area contributed by atoms with Crippen LogP contribution in [0.3, 0.4) is 0 Å². The monoisotopic (exact) mass is 327 g/mol. The van der Waals surface area contributed by atoms with Crippen LogP contribution < -0.4 is 5.32 Å². The van der Waals surface area contributed by atoms with Gasteiger partial charge in [0.25, 0.3) is 0 Å². The molecule has 0 unspecified atom stereocenters. The van der Waals surface area contributed by atoms with Gasteiger partial charge in [0.1, 0.15) is 5.60 Å². The number of nitrogens with one attached hydrogen (secondary N) is 1. The highest BCUT2D eigenvalue weighted by Gasteiger charge is 2.15. The molecule has 0 fully saturated rings. The number of rotatable bonds is 3.